The number of hydrogen-bond donors (Lipinski definition) is 2. The molecule has 0 saturated carbocycles. The van der Waals surface area contributed by atoms with Crippen LogP contribution in [-0.2, 0) is 0 Å². The summed E-state index contributed by atoms with van der Waals surface area (Å²) >= 11 is 0. The molecule has 184 valence electrons. The maximum absolute atomic E-state index is 9.57. The summed E-state index contributed by atoms with van der Waals surface area (Å²) in [6.07, 6.45) is 1.33. The monoisotopic (exact) mass is 473 g/mol. The van der Waals surface area contributed by atoms with Crippen LogP contribution in [0.4, 0.5) is 0 Å². The van der Waals surface area contributed by atoms with Crippen LogP contribution in [0.25, 0.3) is 11.1 Å². The Bertz CT molecular complexity index is 1160. The summed E-state index contributed by atoms with van der Waals surface area (Å²) in [6.45, 7) is 10.3. The van der Waals surface area contributed by atoms with Crippen LogP contribution in [0.5, 0.6) is 23.0 Å². The van der Waals surface area contributed by atoms with Crippen LogP contribution in [0.3, 0.4) is 0 Å². The first-order valence-corrected chi connectivity index (χ1v) is 12.3. The molecule has 3 aromatic carbocycles. The summed E-state index contributed by atoms with van der Waals surface area (Å²) in [4.78, 5) is 2.52. The lowest BCUT2D eigenvalue weighted by atomic mass is 9.93. The van der Waals surface area contributed by atoms with Crippen LogP contribution >= 0.6 is 0 Å². The number of ether oxygens (including phenoxy) is 2. The topological polar surface area (TPSA) is 62.2 Å². The van der Waals surface area contributed by atoms with Crippen molar-refractivity contribution < 1.29 is 19.7 Å². The van der Waals surface area contributed by atoms with Crippen LogP contribution in [0.1, 0.15) is 38.3 Å². The molecule has 1 fully saturated rings. The first kappa shape index (κ1) is 24.7. The van der Waals surface area contributed by atoms with Gasteiger partial charge in [-0.05, 0) is 80.3 Å². The highest BCUT2D eigenvalue weighted by Gasteiger charge is 2.23. The fraction of sp³-hybridized carbons (Fsp3) is 0.333. The highest BCUT2D eigenvalue weighted by atomic mass is 16.5. The highest BCUT2D eigenvalue weighted by molar-refractivity contribution is 5.93. The Kier molecular flexibility index (Phi) is 7.98. The summed E-state index contributed by atoms with van der Waals surface area (Å²) < 4.78 is 11.5. The van der Waals surface area contributed by atoms with E-state index in [9.17, 15) is 10.2 Å². The van der Waals surface area contributed by atoms with Crippen LogP contribution in [-0.4, -0.2) is 47.5 Å². The molecule has 5 rings (SSSR count). The predicted molar refractivity (Wildman–Crippen MR) is 141 cm³/mol. The average Bonchev–Trinajstić information content (AvgIpc) is 3.30. The second kappa shape index (κ2) is 11.3. The van der Waals surface area contributed by atoms with Crippen molar-refractivity contribution in [1.29, 1.82) is 0 Å². The maximum Gasteiger partial charge on any atom is 0.130 e. The molecule has 35 heavy (non-hydrogen) atoms. The van der Waals surface area contributed by atoms with Crippen molar-refractivity contribution >= 4 is 11.1 Å². The van der Waals surface area contributed by atoms with Crippen LogP contribution in [0, 0.1) is 5.92 Å². The molecule has 2 atom stereocenters. The Morgan fingerprint density at radius 3 is 2.49 bits per heavy atom. The first-order chi connectivity index (χ1) is 16.9. The van der Waals surface area contributed by atoms with Gasteiger partial charge in [0, 0.05) is 29.8 Å². The Balaban J connectivity index is 0.000000168. The summed E-state index contributed by atoms with van der Waals surface area (Å²) in [7, 11) is 0. The third-order valence-electron chi connectivity index (χ3n) is 6.70. The number of rotatable bonds is 5. The number of phenolic OH excluding ortho intramolecular Hbond substituents is 2. The van der Waals surface area contributed by atoms with E-state index in [-0.39, 0.29) is 11.5 Å². The zero-order valence-electron chi connectivity index (χ0n) is 20.8. The lowest BCUT2D eigenvalue weighted by molar-refractivity contribution is 0.169. The molecule has 2 aliphatic heterocycles. The lowest BCUT2D eigenvalue weighted by Crippen LogP contribution is -2.35. The largest absolute Gasteiger partial charge is 0.508 e. The van der Waals surface area contributed by atoms with Gasteiger partial charge < -0.3 is 19.7 Å². The van der Waals surface area contributed by atoms with Gasteiger partial charge in [0.05, 0.1) is 0 Å². The molecule has 2 heterocycles. The minimum atomic E-state index is 0.201. The number of hydrogen-bond acceptors (Lipinski definition) is 5. The fourth-order valence-corrected chi connectivity index (χ4v) is 4.56. The molecule has 0 spiro atoms. The van der Waals surface area contributed by atoms with Gasteiger partial charge in [-0.15, -0.1) is 0 Å². The van der Waals surface area contributed by atoms with Gasteiger partial charge in [0.2, 0.25) is 0 Å². The number of nitrogens with zero attached hydrogens (tertiary/aromatic N) is 1. The third kappa shape index (κ3) is 6.37. The van der Waals surface area contributed by atoms with E-state index in [0.717, 1.165) is 40.5 Å². The Morgan fingerprint density at radius 1 is 1.00 bits per heavy atom. The molecule has 5 heteroatoms. The normalized spacial score (nSPS) is 18.2. The molecule has 1 saturated heterocycles. The van der Waals surface area contributed by atoms with E-state index in [2.05, 4.69) is 18.7 Å². The molecule has 3 aromatic rings. The predicted octanol–water partition coefficient (Wildman–Crippen LogP) is 6.22. The summed E-state index contributed by atoms with van der Waals surface area (Å²) in [5.41, 5.74) is 4.08. The summed E-state index contributed by atoms with van der Waals surface area (Å²) in [5, 5.41) is 19.0. The highest BCUT2D eigenvalue weighted by Crippen LogP contribution is 2.38. The third-order valence-corrected chi connectivity index (χ3v) is 6.70. The lowest BCUT2D eigenvalue weighted by Gasteiger charge is -2.24. The van der Waals surface area contributed by atoms with Crippen LogP contribution < -0.4 is 9.47 Å². The van der Waals surface area contributed by atoms with Crippen LogP contribution in [0.2, 0.25) is 0 Å². The van der Waals surface area contributed by atoms with E-state index < -0.39 is 0 Å². The number of likely N-dealkylation sites (tertiary alicyclic amines) is 1. The zero-order valence-corrected chi connectivity index (χ0v) is 20.8. The molecule has 2 aliphatic rings. The molecule has 0 radical (unpaired) electrons. The SMILES string of the molecule is CC1=C(c2cccc(O)c2)COc2cc(O)ccc21.C[C@@H]1CCN([C@@H](C)COc2ccccc2)C1. The number of fused-ring (bicyclic) bond motifs is 1. The van der Waals surface area contributed by atoms with Gasteiger partial charge in [-0.1, -0.05) is 37.3 Å². The van der Waals surface area contributed by atoms with E-state index in [4.69, 9.17) is 9.47 Å². The average molecular weight is 474 g/mol. The van der Waals surface area contributed by atoms with Gasteiger partial charge in [0.25, 0.3) is 0 Å². The van der Waals surface area contributed by atoms with E-state index in [1.165, 1.54) is 19.5 Å². The molecule has 0 aliphatic carbocycles. The van der Waals surface area contributed by atoms with Crippen molar-refractivity contribution in [3.8, 4) is 23.0 Å². The van der Waals surface area contributed by atoms with Crippen molar-refractivity contribution in [1.82, 2.24) is 4.90 Å². The van der Waals surface area contributed by atoms with Crippen LogP contribution in [0.15, 0.2) is 72.8 Å². The van der Waals surface area contributed by atoms with Crippen molar-refractivity contribution in [2.24, 2.45) is 5.92 Å². The number of phenols is 2. The van der Waals surface area contributed by atoms with Gasteiger partial charge in [0.15, 0.2) is 0 Å². The number of aromatic hydroxyl groups is 2. The van der Waals surface area contributed by atoms with Gasteiger partial charge in [-0.2, -0.15) is 0 Å². The van der Waals surface area contributed by atoms with Gasteiger partial charge in [0.1, 0.15) is 36.2 Å². The molecule has 5 nitrogen and oxygen atoms in total. The quantitative estimate of drug-likeness (QED) is 0.461. The molecule has 2 N–H and O–H groups in total. The fourth-order valence-electron chi connectivity index (χ4n) is 4.56. The molecule has 0 unspecified atom stereocenters. The smallest absolute Gasteiger partial charge is 0.130 e. The molecular formula is C30H35NO4. The number of para-hydroxylation sites is 1. The van der Waals surface area contributed by atoms with Gasteiger partial charge in [-0.25, -0.2) is 0 Å². The molecule has 0 amide bonds. The van der Waals surface area contributed by atoms with Crippen molar-refractivity contribution in [3.63, 3.8) is 0 Å². The number of benzene rings is 3. The zero-order chi connectivity index (χ0) is 24.8. The number of allylic oxidation sites excluding steroid dienone is 1. The second-order valence-electron chi connectivity index (χ2n) is 9.48. The van der Waals surface area contributed by atoms with Gasteiger partial charge >= 0.3 is 0 Å². The molecule has 0 aromatic heterocycles. The first-order valence-electron chi connectivity index (χ1n) is 12.3. The Morgan fingerprint density at radius 2 is 1.77 bits per heavy atom. The van der Waals surface area contributed by atoms with E-state index in [1.807, 2.05) is 55.5 Å². The maximum atomic E-state index is 9.57. The van der Waals surface area contributed by atoms with E-state index >= 15 is 0 Å². The van der Waals surface area contributed by atoms with Crippen molar-refractivity contribution in [2.75, 3.05) is 26.3 Å². The summed E-state index contributed by atoms with van der Waals surface area (Å²) in [5.74, 6) is 2.96. The van der Waals surface area contributed by atoms with Gasteiger partial charge in [-0.3, -0.25) is 4.90 Å². The second-order valence-corrected chi connectivity index (χ2v) is 9.48. The van der Waals surface area contributed by atoms with Crippen molar-refractivity contribution in [3.05, 3.63) is 83.9 Å². The van der Waals surface area contributed by atoms with Crippen molar-refractivity contribution in [2.45, 2.75) is 33.2 Å². The Hall–Kier alpha value is -3.44. The van der Waals surface area contributed by atoms with E-state index in [0.29, 0.717) is 18.4 Å². The standard InChI is InChI=1S/C16H14O3.C14H21NO/c1-10-14-6-5-13(18)8-16(14)19-9-15(10)11-3-2-4-12(17)7-11;1-12-8-9-15(10-12)13(2)11-16-14-6-4-3-5-7-14/h2-8,17-18H,9H2,1H3;3-7,12-13H,8-11H2,1-2H3/t;12-,13+/m.1/s1. The van der Waals surface area contributed by atoms with E-state index in [1.54, 1.807) is 24.3 Å². The minimum absolute atomic E-state index is 0.201. The molecular weight excluding hydrogens is 438 g/mol. The minimum Gasteiger partial charge on any atom is -0.508 e. The summed E-state index contributed by atoms with van der Waals surface area (Å²) in [6, 6.07) is 22.8. The Labute approximate surface area is 208 Å². The molecule has 0 bridgehead atoms.